The molecule has 0 bridgehead atoms. The normalized spacial score (nSPS) is 10.3. The van der Waals surface area contributed by atoms with Crippen molar-refractivity contribution in [3.05, 3.63) is 40.7 Å². The molecule has 0 spiro atoms. The first-order valence-electron chi connectivity index (χ1n) is 6.57. The van der Waals surface area contributed by atoms with Gasteiger partial charge in [0.25, 0.3) is 5.56 Å². The first-order chi connectivity index (χ1) is 10.5. The van der Waals surface area contributed by atoms with Gasteiger partial charge in [-0.05, 0) is 24.3 Å². The van der Waals surface area contributed by atoms with Crippen molar-refractivity contribution < 1.29 is 19.4 Å². The summed E-state index contributed by atoms with van der Waals surface area (Å²) >= 11 is 0. The number of carboxylic acid groups (broad SMARTS) is 1. The molecular formula is C15H16N2O5. The van der Waals surface area contributed by atoms with E-state index in [0.29, 0.717) is 22.8 Å². The van der Waals surface area contributed by atoms with Crippen LogP contribution in [0.5, 0.6) is 11.5 Å². The molecule has 22 heavy (non-hydrogen) atoms. The third-order valence-corrected chi connectivity index (χ3v) is 3.09. The van der Waals surface area contributed by atoms with Crippen LogP contribution in [0.4, 0.5) is 0 Å². The Morgan fingerprint density at radius 3 is 2.64 bits per heavy atom. The fourth-order valence-electron chi connectivity index (χ4n) is 1.97. The zero-order chi connectivity index (χ0) is 16.1. The molecule has 1 N–H and O–H groups in total. The van der Waals surface area contributed by atoms with Crippen LogP contribution in [0.1, 0.15) is 6.42 Å². The Morgan fingerprint density at radius 1 is 1.23 bits per heavy atom. The number of carbonyl (C=O) groups is 1. The molecule has 1 aromatic heterocycles. The van der Waals surface area contributed by atoms with Crippen molar-refractivity contribution in [3.8, 4) is 22.8 Å². The van der Waals surface area contributed by atoms with E-state index in [-0.39, 0.29) is 18.5 Å². The molecular weight excluding hydrogens is 288 g/mol. The number of ether oxygens (including phenoxy) is 2. The minimum atomic E-state index is -0.988. The second kappa shape index (κ2) is 6.75. The molecule has 0 saturated carbocycles. The third-order valence-electron chi connectivity index (χ3n) is 3.09. The molecule has 2 aromatic rings. The maximum Gasteiger partial charge on any atom is 0.305 e. The first kappa shape index (κ1) is 15.6. The maximum absolute atomic E-state index is 11.7. The molecule has 7 heteroatoms. The number of aromatic nitrogens is 2. The summed E-state index contributed by atoms with van der Waals surface area (Å²) in [5.74, 6) is 0.218. The lowest BCUT2D eigenvalue weighted by atomic mass is 10.1. The topological polar surface area (TPSA) is 90.7 Å². The second-order valence-electron chi connectivity index (χ2n) is 4.49. The van der Waals surface area contributed by atoms with Gasteiger partial charge < -0.3 is 14.6 Å². The largest absolute Gasteiger partial charge is 0.497 e. The van der Waals surface area contributed by atoms with Crippen LogP contribution in [0.15, 0.2) is 35.1 Å². The van der Waals surface area contributed by atoms with E-state index in [1.54, 1.807) is 31.4 Å². The fraction of sp³-hybridized carbons (Fsp3) is 0.267. The summed E-state index contributed by atoms with van der Waals surface area (Å²) in [4.78, 5) is 22.4. The van der Waals surface area contributed by atoms with Crippen LogP contribution >= 0.6 is 0 Å². The molecule has 2 rings (SSSR count). The van der Waals surface area contributed by atoms with Gasteiger partial charge in [0.1, 0.15) is 11.5 Å². The number of hydrogen-bond donors (Lipinski definition) is 1. The van der Waals surface area contributed by atoms with Crippen molar-refractivity contribution in [2.24, 2.45) is 0 Å². The molecule has 0 saturated heterocycles. The van der Waals surface area contributed by atoms with Gasteiger partial charge in [-0.25, -0.2) is 4.68 Å². The van der Waals surface area contributed by atoms with Crippen LogP contribution in [-0.2, 0) is 11.3 Å². The number of methoxy groups -OCH3 is 2. The van der Waals surface area contributed by atoms with Crippen LogP contribution < -0.4 is 15.0 Å². The monoisotopic (exact) mass is 304 g/mol. The number of aryl methyl sites for hydroxylation is 1. The molecule has 0 aliphatic rings. The predicted molar refractivity (Wildman–Crippen MR) is 79.3 cm³/mol. The van der Waals surface area contributed by atoms with Crippen molar-refractivity contribution in [2.75, 3.05) is 14.2 Å². The summed E-state index contributed by atoms with van der Waals surface area (Å²) in [6.45, 7) is 0.00822. The van der Waals surface area contributed by atoms with Gasteiger partial charge in [0, 0.05) is 11.6 Å². The lowest BCUT2D eigenvalue weighted by Gasteiger charge is -2.11. The number of hydrogen-bond acceptors (Lipinski definition) is 5. The van der Waals surface area contributed by atoms with Gasteiger partial charge in [-0.1, -0.05) is 0 Å². The van der Waals surface area contributed by atoms with Crippen molar-refractivity contribution in [1.82, 2.24) is 9.78 Å². The first-order valence-corrected chi connectivity index (χ1v) is 6.57. The Bertz CT molecular complexity index is 739. The van der Waals surface area contributed by atoms with E-state index in [1.165, 1.54) is 13.2 Å². The molecule has 0 aliphatic heterocycles. The maximum atomic E-state index is 11.7. The molecule has 1 heterocycles. The van der Waals surface area contributed by atoms with Gasteiger partial charge in [0.2, 0.25) is 0 Å². The number of rotatable bonds is 6. The van der Waals surface area contributed by atoms with E-state index in [1.807, 2.05) is 0 Å². The Hall–Kier alpha value is -2.83. The SMILES string of the molecule is COc1ccc(OC)c(-c2ccc(=O)n(CCC(=O)O)n2)c1. The van der Waals surface area contributed by atoms with E-state index < -0.39 is 5.97 Å². The Morgan fingerprint density at radius 2 is 2.00 bits per heavy atom. The molecule has 0 fully saturated rings. The smallest absolute Gasteiger partial charge is 0.305 e. The minimum absolute atomic E-state index is 0.00822. The van der Waals surface area contributed by atoms with Crippen molar-refractivity contribution in [1.29, 1.82) is 0 Å². The second-order valence-corrected chi connectivity index (χ2v) is 4.49. The van der Waals surface area contributed by atoms with Gasteiger partial charge in [-0.15, -0.1) is 0 Å². The van der Waals surface area contributed by atoms with Gasteiger partial charge in [-0.3, -0.25) is 9.59 Å². The lowest BCUT2D eigenvalue weighted by Crippen LogP contribution is -2.23. The molecule has 0 radical (unpaired) electrons. The standard InChI is InChI=1S/C15H16N2O5/c1-21-10-3-5-13(22-2)11(9-10)12-4-6-14(18)17(16-12)8-7-15(19)20/h3-6,9H,7-8H2,1-2H3,(H,19,20). The van der Waals surface area contributed by atoms with Gasteiger partial charge in [0.15, 0.2) is 0 Å². The highest BCUT2D eigenvalue weighted by Crippen LogP contribution is 2.31. The fourth-order valence-corrected chi connectivity index (χ4v) is 1.97. The minimum Gasteiger partial charge on any atom is -0.497 e. The summed E-state index contributed by atoms with van der Waals surface area (Å²) in [6.07, 6.45) is -0.175. The molecule has 0 aliphatic carbocycles. The van der Waals surface area contributed by atoms with Gasteiger partial charge in [0.05, 0.1) is 32.9 Å². The Balaban J connectivity index is 2.46. The Labute approximate surface area is 126 Å². The van der Waals surface area contributed by atoms with Crippen molar-refractivity contribution in [2.45, 2.75) is 13.0 Å². The van der Waals surface area contributed by atoms with E-state index in [2.05, 4.69) is 5.10 Å². The molecule has 1 aromatic carbocycles. The number of benzene rings is 1. The van der Waals surface area contributed by atoms with Gasteiger partial charge >= 0.3 is 5.97 Å². The third kappa shape index (κ3) is 3.43. The molecule has 0 amide bonds. The quantitative estimate of drug-likeness (QED) is 0.867. The van der Waals surface area contributed by atoms with E-state index in [9.17, 15) is 9.59 Å². The summed E-state index contributed by atoms with van der Waals surface area (Å²) in [7, 11) is 3.08. The van der Waals surface area contributed by atoms with Crippen LogP contribution in [0, 0.1) is 0 Å². The Kier molecular flexibility index (Phi) is 4.77. The van der Waals surface area contributed by atoms with Crippen LogP contribution in [0.25, 0.3) is 11.3 Å². The van der Waals surface area contributed by atoms with E-state index in [0.717, 1.165) is 4.68 Å². The zero-order valence-electron chi connectivity index (χ0n) is 12.3. The highest BCUT2D eigenvalue weighted by atomic mass is 16.5. The lowest BCUT2D eigenvalue weighted by molar-refractivity contribution is -0.137. The molecule has 116 valence electrons. The van der Waals surface area contributed by atoms with Crippen LogP contribution in [-0.4, -0.2) is 35.1 Å². The molecule has 0 atom stereocenters. The average molecular weight is 304 g/mol. The van der Waals surface area contributed by atoms with E-state index in [4.69, 9.17) is 14.6 Å². The summed E-state index contributed by atoms with van der Waals surface area (Å²) in [5, 5.41) is 12.9. The van der Waals surface area contributed by atoms with E-state index >= 15 is 0 Å². The average Bonchev–Trinajstić information content (AvgIpc) is 2.53. The summed E-state index contributed by atoms with van der Waals surface area (Å²) in [5.41, 5.74) is 0.804. The summed E-state index contributed by atoms with van der Waals surface area (Å²) < 4.78 is 11.6. The summed E-state index contributed by atoms with van der Waals surface area (Å²) in [6, 6.07) is 8.15. The van der Waals surface area contributed by atoms with Gasteiger partial charge in [-0.2, -0.15) is 5.10 Å². The van der Waals surface area contributed by atoms with Crippen LogP contribution in [0.3, 0.4) is 0 Å². The number of nitrogens with zero attached hydrogens (tertiary/aromatic N) is 2. The predicted octanol–water partition coefficient (Wildman–Crippen LogP) is 1.40. The number of carboxylic acids is 1. The molecule has 7 nitrogen and oxygen atoms in total. The van der Waals surface area contributed by atoms with Crippen molar-refractivity contribution >= 4 is 5.97 Å². The highest BCUT2D eigenvalue weighted by molar-refractivity contribution is 5.69. The molecule has 0 unspecified atom stereocenters. The number of aliphatic carboxylic acids is 1. The highest BCUT2D eigenvalue weighted by Gasteiger charge is 2.11. The zero-order valence-corrected chi connectivity index (χ0v) is 12.3. The van der Waals surface area contributed by atoms with Crippen LogP contribution in [0.2, 0.25) is 0 Å². The van der Waals surface area contributed by atoms with Crippen molar-refractivity contribution in [3.63, 3.8) is 0 Å².